The van der Waals surface area contributed by atoms with E-state index in [-0.39, 0.29) is 11.9 Å². The van der Waals surface area contributed by atoms with Crippen LogP contribution in [0.15, 0.2) is 24.3 Å². The molecule has 2 saturated heterocycles. The molecule has 0 aliphatic carbocycles. The van der Waals surface area contributed by atoms with Crippen LogP contribution in [0.2, 0.25) is 0 Å². The normalized spacial score (nSPS) is 22.8. The number of nitrogens with one attached hydrogen (secondary N) is 2. The number of nitrogens with two attached hydrogens (primary N) is 1. The molecule has 27 heavy (non-hydrogen) atoms. The Balaban J connectivity index is 1.55. The molecule has 2 fully saturated rings. The minimum atomic E-state index is -0.427. The molecule has 1 amide bonds. The molecule has 0 saturated carbocycles. The molecule has 3 heterocycles. The number of rotatable bonds is 4. The summed E-state index contributed by atoms with van der Waals surface area (Å²) in [4.78, 5) is 27.8. The Hall–Kier alpha value is -2.74. The van der Waals surface area contributed by atoms with Crippen molar-refractivity contribution in [3.63, 3.8) is 0 Å². The highest BCUT2D eigenvalue weighted by Gasteiger charge is 2.48. The maximum absolute atomic E-state index is 12.6. The summed E-state index contributed by atoms with van der Waals surface area (Å²) in [5, 5.41) is 6.21. The van der Waals surface area contributed by atoms with Crippen LogP contribution in [0.3, 0.4) is 0 Å². The molecule has 1 spiro atoms. The molecule has 0 radical (unpaired) electrons. The van der Waals surface area contributed by atoms with E-state index in [1.807, 2.05) is 31.2 Å². The second-order valence-corrected chi connectivity index (χ2v) is 7.34. The van der Waals surface area contributed by atoms with Gasteiger partial charge < -0.3 is 16.4 Å². The lowest BCUT2D eigenvalue weighted by Crippen LogP contribution is -2.58. The first-order valence-electron chi connectivity index (χ1n) is 9.43. The first-order valence-corrected chi connectivity index (χ1v) is 9.43. The third-order valence-corrected chi connectivity index (χ3v) is 5.40. The van der Waals surface area contributed by atoms with Gasteiger partial charge in [-0.2, -0.15) is 15.0 Å². The van der Waals surface area contributed by atoms with Gasteiger partial charge in [0.2, 0.25) is 17.8 Å². The zero-order valence-electron chi connectivity index (χ0n) is 15.5. The number of nitrogen functional groups attached to an aromatic ring is 1. The molecular weight excluding hydrogens is 342 g/mol. The van der Waals surface area contributed by atoms with Crippen molar-refractivity contribution >= 4 is 23.5 Å². The van der Waals surface area contributed by atoms with Crippen molar-refractivity contribution in [2.45, 2.75) is 44.7 Å². The van der Waals surface area contributed by atoms with Crippen LogP contribution in [0, 0.1) is 6.92 Å². The topological polar surface area (TPSA) is 109 Å². The molecule has 0 bridgehead atoms. The van der Waals surface area contributed by atoms with E-state index in [4.69, 9.17) is 5.73 Å². The fourth-order valence-corrected chi connectivity index (χ4v) is 4.15. The van der Waals surface area contributed by atoms with Gasteiger partial charge in [-0.05, 0) is 56.8 Å². The summed E-state index contributed by atoms with van der Waals surface area (Å²) in [5.74, 6) is 1.31. The van der Waals surface area contributed by atoms with Gasteiger partial charge in [-0.15, -0.1) is 0 Å². The van der Waals surface area contributed by atoms with E-state index in [0.717, 1.165) is 50.0 Å². The summed E-state index contributed by atoms with van der Waals surface area (Å²) in [6, 6.07) is 7.97. The second kappa shape index (κ2) is 7.11. The van der Waals surface area contributed by atoms with Gasteiger partial charge in [0.1, 0.15) is 11.4 Å². The summed E-state index contributed by atoms with van der Waals surface area (Å²) in [7, 11) is 0. The van der Waals surface area contributed by atoms with Crippen LogP contribution in [0.4, 0.5) is 17.6 Å². The molecule has 1 atom stereocenters. The predicted molar refractivity (Wildman–Crippen MR) is 103 cm³/mol. The van der Waals surface area contributed by atoms with Crippen molar-refractivity contribution in [2.24, 2.45) is 0 Å². The number of aromatic nitrogens is 3. The lowest BCUT2D eigenvalue weighted by molar-refractivity contribution is -0.134. The van der Waals surface area contributed by atoms with Gasteiger partial charge in [0, 0.05) is 12.2 Å². The third-order valence-electron chi connectivity index (χ3n) is 5.40. The quantitative estimate of drug-likeness (QED) is 0.755. The fraction of sp³-hybridized carbons (Fsp3) is 0.474. The van der Waals surface area contributed by atoms with E-state index < -0.39 is 5.54 Å². The van der Waals surface area contributed by atoms with Gasteiger partial charge in [0.25, 0.3) is 0 Å². The van der Waals surface area contributed by atoms with E-state index in [9.17, 15) is 4.79 Å². The summed E-state index contributed by atoms with van der Waals surface area (Å²) in [5.41, 5.74) is 7.53. The van der Waals surface area contributed by atoms with Gasteiger partial charge in [0.15, 0.2) is 0 Å². The molecule has 1 aromatic carbocycles. The smallest absolute Gasteiger partial charge is 0.240 e. The van der Waals surface area contributed by atoms with Crippen LogP contribution in [-0.4, -0.2) is 44.4 Å². The van der Waals surface area contributed by atoms with Gasteiger partial charge >= 0.3 is 0 Å². The summed E-state index contributed by atoms with van der Waals surface area (Å²) in [6.07, 6.45) is 3.77. The predicted octanol–water partition coefficient (Wildman–Crippen LogP) is 1.75. The zero-order chi connectivity index (χ0) is 18.9. The number of nitrogens with zero attached hydrogens (tertiary/aromatic N) is 4. The largest absolute Gasteiger partial charge is 0.368 e. The van der Waals surface area contributed by atoms with Crippen LogP contribution in [0.5, 0.6) is 0 Å². The molecule has 2 aliphatic heterocycles. The van der Waals surface area contributed by atoms with Gasteiger partial charge in [-0.25, -0.2) is 0 Å². The number of carbonyl (C=O) groups is 1. The molecule has 1 aromatic heterocycles. The Morgan fingerprint density at radius 1 is 1.26 bits per heavy atom. The first-order chi connectivity index (χ1) is 13.0. The molecule has 142 valence electrons. The number of aryl methyl sites for hydroxylation is 1. The molecule has 8 nitrogen and oxygen atoms in total. The highest BCUT2D eigenvalue weighted by molar-refractivity contribution is 5.87. The van der Waals surface area contributed by atoms with Crippen LogP contribution in [-0.2, 0) is 11.3 Å². The Morgan fingerprint density at radius 3 is 2.93 bits per heavy atom. The number of hydrogen-bond donors (Lipinski definition) is 3. The Kier molecular flexibility index (Phi) is 4.65. The average Bonchev–Trinajstić information content (AvgIpc) is 3.00. The summed E-state index contributed by atoms with van der Waals surface area (Å²) in [6.45, 7) is 4.14. The highest BCUT2D eigenvalue weighted by Crippen LogP contribution is 2.36. The first kappa shape index (κ1) is 17.7. The zero-order valence-corrected chi connectivity index (χ0v) is 15.5. The van der Waals surface area contributed by atoms with Crippen LogP contribution < -0.4 is 16.4 Å². The van der Waals surface area contributed by atoms with Crippen molar-refractivity contribution in [3.8, 4) is 0 Å². The number of hydrogen-bond acceptors (Lipinski definition) is 7. The molecule has 1 unspecified atom stereocenters. The van der Waals surface area contributed by atoms with Crippen LogP contribution in [0.25, 0.3) is 0 Å². The molecular formula is C19H25N7O. The lowest BCUT2D eigenvalue weighted by atomic mass is 9.86. The SMILES string of the molecule is Cc1cccc(Nc2nc(N)nc(CN3CCCC34CCCNC4=O)n2)c1. The number of amides is 1. The number of benzene rings is 1. The van der Waals surface area contributed by atoms with Crippen molar-refractivity contribution < 1.29 is 4.79 Å². The van der Waals surface area contributed by atoms with Crippen LogP contribution >= 0.6 is 0 Å². The van der Waals surface area contributed by atoms with Crippen molar-refractivity contribution in [1.29, 1.82) is 0 Å². The Labute approximate surface area is 158 Å². The van der Waals surface area contributed by atoms with E-state index in [1.54, 1.807) is 0 Å². The monoisotopic (exact) mass is 367 g/mol. The molecule has 4 rings (SSSR count). The number of carbonyl (C=O) groups excluding carboxylic acids is 1. The highest BCUT2D eigenvalue weighted by atomic mass is 16.2. The molecule has 8 heteroatoms. The third kappa shape index (κ3) is 3.57. The van der Waals surface area contributed by atoms with E-state index in [0.29, 0.717) is 18.3 Å². The Morgan fingerprint density at radius 2 is 2.11 bits per heavy atom. The number of likely N-dealkylation sites (tertiary alicyclic amines) is 1. The summed E-state index contributed by atoms with van der Waals surface area (Å²) >= 11 is 0. The van der Waals surface area contributed by atoms with Gasteiger partial charge in [-0.1, -0.05) is 12.1 Å². The van der Waals surface area contributed by atoms with Crippen molar-refractivity contribution in [3.05, 3.63) is 35.7 Å². The minimum Gasteiger partial charge on any atom is -0.368 e. The van der Waals surface area contributed by atoms with E-state index in [1.165, 1.54) is 0 Å². The maximum Gasteiger partial charge on any atom is 0.240 e. The summed E-state index contributed by atoms with van der Waals surface area (Å²) < 4.78 is 0. The lowest BCUT2D eigenvalue weighted by Gasteiger charge is -2.39. The average molecular weight is 367 g/mol. The Bertz CT molecular complexity index is 856. The van der Waals surface area contributed by atoms with Gasteiger partial charge in [-0.3, -0.25) is 9.69 Å². The number of anilines is 3. The molecule has 4 N–H and O–H groups in total. The van der Waals surface area contributed by atoms with E-state index >= 15 is 0 Å². The van der Waals surface area contributed by atoms with Crippen molar-refractivity contribution in [1.82, 2.24) is 25.2 Å². The standard InChI is InChI=1S/C19H25N7O/c1-13-5-2-6-14(11-13)22-18-24-15(23-17(20)25-18)12-26-10-4-8-19(26)7-3-9-21-16(19)27/h2,5-6,11H,3-4,7-10,12H2,1H3,(H,21,27)(H3,20,22,23,24,25). The molecule has 2 aromatic rings. The van der Waals surface area contributed by atoms with Crippen molar-refractivity contribution in [2.75, 3.05) is 24.1 Å². The minimum absolute atomic E-state index is 0.131. The van der Waals surface area contributed by atoms with Gasteiger partial charge in [0.05, 0.1) is 6.54 Å². The second-order valence-electron chi connectivity index (χ2n) is 7.34. The van der Waals surface area contributed by atoms with Crippen LogP contribution in [0.1, 0.15) is 37.1 Å². The molecule has 2 aliphatic rings. The number of piperidine rings is 1. The maximum atomic E-state index is 12.6. The fourth-order valence-electron chi connectivity index (χ4n) is 4.15. The van der Waals surface area contributed by atoms with E-state index in [2.05, 4.69) is 30.5 Å².